The molecule has 2 N–H and O–H groups in total. The molecule has 0 unspecified atom stereocenters. The zero-order chi connectivity index (χ0) is 9.84. The Morgan fingerprint density at radius 1 is 1.77 bits per heavy atom. The Labute approximate surface area is 87.6 Å². The molecule has 0 fully saturated rings. The van der Waals surface area contributed by atoms with Crippen molar-refractivity contribution in [3.8, 4) is 0 Å². The number of rotatable bonds is 4. The van der Waals surface area contributed by atoms with Gasteiger partial charge in [0.2, 0.25) is 0 Å². The second-order valence-electron chi connectivity index (χ2n) is 2.91. The van der Waals surface area contributed by atoms with Crippen molar-refractivity contribution in [2.24, 2.45) is 5.73 Å². The standard InChI is InChI=1S/C8H13N3S2/c1-6-5-13-8(10-6)11(2)4-3-7(9)12/h5H,3-4H2,1-2H3,(H2,9,12). The van der Waals surface area contributed by atoms with Crippen LogP contribution < -0.4 is 10.6 Å². The molecule has 1 heterocycles. The molecule has 0 amide bonds. The number of thiocarbonyl (C=S) groups is 1. The Bertz CT molecular complexity index is 295. The summed E-state index contributed by atoms with van der Waals surface area (Å²) in [6, 6.07) is 0. The van der Waals surface area contributed by atoms with Gasteiger partial charge in [-0.25, -0.2) is 4.98 Å². The fourth-order valence-electron chi connectivity index (χ4n) is 0.890. The summed E-state index contributed by atoms with van der Waals surface area (Å²) in [6.45, 7) is 2.82. The molecule has 1 aromatic rings. The first kappa shape index (κ1) is 10.4. The van der Waals surface area contributed by atoms with Crippen molar-refractivity contribution in [2.45, 2.75) is 13.3 Å². The van der Waals surface area contributed by atoms with E-state index in [1.807, 2.05) is 19.4 Å². The van der Waals surface area contributed by atoms with E-state index in [1.165, 1.54) is 0 Å². The summed E-state index contributed by atoms with van der Waals surface area (Å²) in [5, 5.41) is 3.06. The van der Waals surface area contributed by atoms with Gasteiger partial charge in [0.1, 0.15) is 0 Å². The van der Waals surface area contributed by atoms with Crippen molar-refractivity contribution < 1.29 is 0 Å². The maximum Gasteiger partial charge on any atom is 0.185 e. The van der Waals surface area contributed by atoms with Crippen LogP contribution in [0.1, 0.15) is 12.1 Å². The highest BCUT2D eigenvalue weighted by Gasteiger charge is 2.04. The van der Waals surface area contributed by atoms with E-state index in [1.54, 1.807) is 11.3 Å². The Morgan fingerprint density at radius 3 is 2.92 bits per heavy atom. The van der Waals surface area contributed by atoms with Gasteiger partial charge in [-0.1, -0.05) is 12.2 Å². The Balaban J connectivity index is 2.48. The first-order valence-corrected chi connectivity index (χ1v) is 5.30. The first-order chi connectivity index (χ1) is 6.09. The van der Waals surface area contributed by atoms with Crippen LogP contribution in [0.5, 0.6) is 0 Å². The summed E-state index contributed by atoms with van der Waals surface area (Å²) < 4.78 is 0. The summed E-state index contributed by atoms with van der Waals surface area (Å²) in [6.07, 6.45) is 0.741. The predicted molar refractivity (Wildman–Crippen MR) is 61.5 cm³/mol. The van der Waals surface area contributed by atoms with Gasteiger partial charge in [0, 0.05) is 25.4 Å². The summed E-state index contributed by atoms with van der Waals surface area (Å²) >= 11 is 6.44. The smallest absolute Gasteiger partial charge is 0.185 e. The first-order valence-electron chi connectivity index (χ1n) is 4.01. The van der Waals surface area contributed by atoms with Gasteiger partial charge in [-0.3, -0.25) is 0 Å². The largest absolute Gasteiger partial charge is 0.393 e. The molecule has 0 radical (unpaired) electrons. The third-order valence-corrected chi connectivity index (χ3v) is 2.90. The topological polar surface area (TPSA) is 42.1 Å². The second-order valence-corrected chi connectivity index (χ2v) is 4.27. The maximum atomic E-state index is 5.41. The van der Waals surface area contributed by atoms with Gasteiger partial charge in [0.25, 0.3) is 0 Å². The lowest BCUT2D eigenvalue weighted by Gasteiger charge is -2.14. The lowest BCUT2D eigenvalue weighted by atomic mass is 10.4. The Kier molecular flexibility index (Phi) is 3.62. The monoisotopic (exact) mass is 215 g/mol. The van der Waals surface area contributed by atoms with E-state index in [9.17, 15) is 0 Å². The van der Waals surface area contributed by atoms with Crippen LogP contribution in [0.3, 0.4) is 0 Å². The molecule has 0 saturated heterocycles. The molecule has 5 heteroatoms. The highest BCUT2D eigenvalue weighted by atomic mass is 32.1. The van der Waals surface area contributed by atoms with E-state index in [0.29, 0.717) is 4.99 Å². The number of thiazole rings is 1. The summed E-state index contributed by atoms with van der Waals surface area (Å²) in [7, 11) is 2.00. The zero-order valence-electron chi connectivity index (χ0n) is 7.78. The fourth-order valence-corrected chi connectivity index (χ4v) is 1.78. The molecule has 0 spiro atoms. The van der Waals surface area contributed by atoms with Crippen molar-refractivity contribution >= 4 is 33.7 Å². The Morgan fingerprint density at radius 2 is 2.46 bits per heavy atom. The van der Waals surface area contributed by atoms with E-state index < -0.39 is 0 Å². The number of hydrogen-bond donors (Lipinski definition) is 1. The molecule has 0 aliphatic heterocycles. The number of anilines is 1. The molecule has 1 rings (SSSR count). The molecule has 0 aliphatic rings. The van der Waals surface area contributed by atoms with Gasteiger partial charge in [-0.2, -0.15) is 0 Å². The minimum absolute atomic E-state index is 0.556. The summed E-state index contributed by atoms with van der Waals surface area (Å²) in [4.78, 5) is 6.97. The van der Waals surface area contributed by atoms with Crippen molar-refractivity contribution in [2.75, 3.05) is 18.5 Å². The van der Waals surface area contributed by atoms with E-state index in [0.717, 1.165) is 23.8 Å². The molecular weight excluding hydrogens is 202 g/mol. The lowest BCUT2D eigenvalue weighted by Crippen LogP contribution is -2.23. The summed E-state index contributed by atoms with van der Waals surface area (Å²) in [5.41, 5.74) is 6.47. The minimum Gasteiger partial charge on any atom is -0.393 e. The Hall–Kier alpha value is -0.680. The van der Waals surface area contributed by atoms with Crippen LogP contribution in [0, 0.1) is 6.92 Å². The average molecular weight is 215 g/mol. The van der Waals surface area contributed by atoms with Crippen LogP contribution in [0.15, 0.2) is 5.38 Å². The fraction of sp³-hybridized carbons (Fsp3) is 0.500. The van der Waals surface area contributed by atoms with Gasteiger partial charge < -0.3 is 10.6 Å². The molecule has 13 heavy (non-hydrogen) atoms. The molecule has 0 saturated carbocycles. The SMILES string of the molecule is Cc1csc(N(C)CCC(N)=S)n1. The van der Waals surface area contributed by atoms with Crippen molar-refractivity contribution in [3.05, 3.63) is 11.1 Å². The van der Waals surface area contributed by atoms with E-state index >= 15 is 0 Å². The van der Waals surface area contributed by atoms with Gasteiger partial charge in [-0.05, 0) is 6.92 Å². The van der Waals surface area contributed by atoms with Gasteiger partial charge in [0.05, 0.1) is 10.7 Å². The molecule has 72 valence electrons. The average Bonchev–Trinajstić information content (AvgIpc) is 2.47. The quantitative estimate of drug-likeness (QED) is 0.774. The van der Waals surface area contributed by atoms with E-state index in [-0.39, 0.29) is 0 Å². The molecule has 3 nitrogen and oxygen atoms in total. The van der Waals surface area contributed by atoms with Crippen molar-refractivity contribution in [1.82, 2.24) is 4.98 Å². The van der Waals surface area contributed by atoms with E-state index in [4.69, 9.17) is 18.0 Å². The molecule has 0 aromatic carbocycles. The van der Waals surface area contributed by atoms with Crippen LogP contribution in [-0.2, 0) is 0 Å². The molecule has 0 atom stereocenters. The molecule has 0 bridgehead atoms. The van der Waals surface area contributed by atoms with Crippen LogP contribution >= 0.6 is 23.6 Å². The predicted octanol–water partition coefficient (Wildman–Crippen LogP) is 1.56. The number of hydrogen-bond acceptors (Lipinski definition) is 4. The zero-order valence-corrected chi connectivity index (χ0v) is 9.41. The third kappa shape index (κ3) is 3.28. The van der Waals surface area contributed by atoms with Crippen LogP contribution in [0.4, 0.5) is 5.13 Å². The normalized spacial score (nSPS) is 10.0. The van der Waals surface area contributed by atoms with Gasteiger partial charge in [0.15, 0.2) is 5.13 Å². The van der Waals surface area contributed by atoms with Gasteiger partial charge >= 0.3 is 0 Å². The molecular formula is C8H13N3S2. The third-order valence-electron chi connectivity index (χ3n) is 1.63. The number of nitrogens with zero attached hydrogens (tertiary/aromatic N) is 2. The summed E-state index contributed by atoms with van der Waals surface area (Å²) in [5.74, 6) is 0. The maximum absolute atomic E-state index is 5.41. The van der Waals surface area contributed by atoms with Crippen LogP contribution in [-0.4, -0.2) is 23.6 Å². The highest BCUT2D eigenvalue weighted by Crippen LogP contribution is 2.18. The van der Waals surface area contributed by atoms with Crippen LogP contribution in [0.2, 0.25) is 0 Å². The highest BCUT2D eigenvalue weighted by molar-refractivity contribution is 7.80. The van der Waals surface area contributed by atoms with E-state index in [2.05, 4.69) is 9.88 Å². The second kappa shape index (κ2) is 4.53. The van der Waals surface area contributed by atoms with Crippen molar-refractivity contribution in [3.63, 3.8) is 0 Å². The number of aryl methyl sites for hydroxylation is 1. The van der Waals surface area contributed by atoms with Gasteiger partial charge in [-0.15, -0.1) is 11.3 Å². The lowest BCUT2D eigenvalue weighted by molar-refractivity contribution is 0.911. The molecule has 1 aromatic heterocycles. The van der Waals surface area contributed by atoms with Crippen LogP contribution in [0.25, 0.3) is 0 Å². The number of nitrogens with two attached hydrogens (primary N) is 1. The molecule has 0 aliphatic carbocycles. The van der Waals surface area contributed by atoms with Crippen molar-refractivity contribution in [1.29, 1.82) is 0 Å². The number of aromatic nitrogens is 1. The minimum atomic E-state index is 0.556.